The molecule has 3 aromatic carbocycles. The highest BCUT2D eigenvalue weighted by Gasteiger charge is 2.32. The van der Waals surface area contributed by atoms with Crippen molar-refractivity contribution >= 4 is 29.1 Å². The zero-order chi connectivity index (χ0) is 19.9. The minimum absolute atomic E-state index is 0.000928. The maximum absolute atomic E-state index is 2.40. The van der Waals surface area contributed by atoms with E-state index < -0.39 is 0 Å². The number of hydrogen-bond donors (Lipinski definition) is 0. The lowest BCUT2D eigenvalue weighted by Gasteiger charge is -2.34. The summed E-state index contributed by atoms with van der Waals surface area (Å²) >= 11 is 4.12. The molecule has 0 amide bonds. The third-order valence-electron chi connectivity index (χ3n) is 5.12. The third-order valence-corrected chi connectivity index (χ3v) is 8.42. The van der Waals surface area contributed by atoms with Gasteiger partial charge < -0.3 is 0 Å². The standard InChI is InChI=1S/C27H26S2/c1-22-15-17-25(18-16-22)27(28-20-9-21-29-27)19-8-14-26(23-10-4-2-5-11-23)24-12-6-3-7-13-24/h2-8,10-19H,9,20-21H2,1H3. The Bertz CT molecular complexity index is 923. The van der Waals surface area contributed by atoms with Crippen molar-refractivity contribution < 1.29 is 0 Å². The SMILES string of the molecule is Cc1ccc(C2(C=CC=C(c3ccccc3)c3ccccc3)SCCCS2)cc1. The second kappa shape index (κ2) is 9.56. The number of hydrogen-bond acceptors (Lipinski definition) is 2. The molecule has 0 N–H and O–H groups in total. The van der Waals surface area contributed by atoms with Crippen LogP contribution in [0.25, 0.3) is 5.57 Å². The van der Waals surface area contributed by atoms with Crippen LogP contribution >= 0.6 is 23.5 Å². The summed E-state index contributed by atoms with van der Waals surface area (Å²) in [5, 5.41) is 0. The minimum Gasteiger partial charge on any atom is -0.135 e. The predicted molar refractivity (Wildman–Crippen MR) is 131 cm³/mol. The Hall–Kier alpha value is -2.16. The van der Waals surface area contributed by atoms with E-state index in [1.165, 1.54) is 45.8 Å². The van der Waals surface area contributed by atoms with Crippen LogP contribution in [0.4, 0.5) is 0 Å². The van der Waals surface area contributed by atoms with Gasteiger partial charge in [-0.25, -0.2) is 0 Å². The lowest BCUT2D eigenvalue weighted by Crippen LogP contribution is -2.20. The van der Waals surface area contributed by atoms with Crippen molar-refractivity contribution in [3.63, 3.8) is 0 Å². The molecule has 0 unspecified atom stereocenters. The monoisotopic (exact) mass is 414 g/mol. The first-order valence-electron chi connectivity index (χ1n) is 10.1. The Balaban J connectivity index is 1.71. The molecule has 29 heavy (non-hydrogen) atoms. The summed E-state index contributed by atoms with van der Waals surface area (Å²) in [6, 6.07) is 30.4. The highest BCUT2D eigenvalue weighted by atomic mass is 32.2. The molecule has 1 saturated heterocycles. The molecule has 0 nitrogen and oxygen atoms in total. The number of aryl methyl sites for hydroxylation is 1. The van der Waals surface area contributed by atoms with E-state index in [4.69, 9.17) is 0 Å². The molecule has 0 saturated carbocycles. The Morgan fingerprint density at radius 3 is 1.86 bits per heavy atom. The normalized spacial score (nSPS) is 15.9. The molecule has 0 spiro atoms. The van der Waals surface area contributed by atoms with E-state index in [-0.39, 0.29) is 4.08 Å². The molecule has 0 aromatic heterocycles. The first kappa shape index (κ1) is 20.1. The van der Waals surface area contributed by atoms with Crippen molar-refractivity contribution in [3.05, 3.63) is 125 Å². The van der Waals surface area contributed by atoms with Gasteiger partial charge in [0.2, 0.25) is 0 Å². The third kappa shape index (κ3) is 4.88. The summed E-state index contributed by atoms with van der Waals surface area (Å²) in [7, 11) is 0. The van der Waals surface area contributed by atoms with Crippen LogP contribution in [0.15, 0.2) is 103 Å². The molecule has 2 heteroatoms. The van der Waals surface area contributed by atoms with E-state index in [2.05, 4.69) is 134 Å². The van der Waals surface area contributed by atoms with Gasteiger partial charge in [0.05, 0.1) is 0 Å². The molecule has 146 valence electrons. The van der Waals surface area contributed by atoms with E-state index >= 15 is 0 Å². The van der Waals surface area contributed by atoms with Crippen molar-refractivity contribution in [2.24, 2.45) is 0 Å². The van der Waals surface area contributed by atoms with Crippen LogP contribution in [0.5, 0.6) is 0 Å². The smallest absolute Gasteiger partial charge is 0.105 e. The molecule has 1 aliphatic rings. The molecule has 1 heterocycles. The molecule has 1 fully saturated rings. The van der Waals surface area contributed by atoms with Crippen molar-refractivity contribution in [2.75, 3.05) is 11.5 Å². The summed E-state index contributed by atoms with van der Waals surface area (Å²) < 4.78 is 0.000928. The van der Waals surface area contributed by atoms with E-state index in [1.807, 2.05) is 0 Å². The van der Waals surface area contributed by atoms with Gasteiger partial charge in [-0.15, -0.1) is 23.5 Å². The molecule has 1 aliphatic heterocycles. The number of rotatable bonds is 5. The zero-order valence-electron chi connectivity index (χ0n) is 16.8. The fraction of sp³-hybridized carbons (Fsp3) is 0.185. The quantitative estimate of drug-likeness (QED) is 0.392. The Morgan fingerprint density at radius 1 is 0.759 bits per heavy atom. The Labute approximate surface area is 183 Å². The highest BCUT2D eigenvalue weighted by Crippen LogP contribution is 2.51. The van der Waals surface area contributed by atoms with Crippen LogP contribution in [0.3, 0.4) is 0 Å². The van der Waals surface area contributed by atoms with Crippen LogP contribution in [0.1, 0.15) is 28.7 Å². The number of thioether (sulfide) groups is 2. The minimum atomic E-state index is 0.000928. The van der Waals surface area contributed by atoms with Gasteiger partial charge in [0.15, 0.2) is 0 Å². The van der Waals surface area contributed by atoms with Gasteiger partial charge in [-0.05, 0) is 47.1 Å². The maximum atomic E-state index is 2.40. The van der Waals surface area contributed by atoms with E-state index in [1.54, 1.807) is 0 Å². The summed E-state index contributed by atoms with van der Waals surface area (Å²) in [4.78, 5) is 0. The predicted octanol–water partition coefficient (Wildman–Crippen LogP) is 7.71. The average molecular weight is 415 g/mol. The summed E-state index contributed by atoms with van der Waals surface area (Å²) in [6.07, 6.45) is 8.22. The average Bonchev–Trinajstić information content (AvgIpc) is 2.79. The second-order valence-electron chi connectivity index (χ2n) is 7.26. The van der Waals surface area contributed by atoms with Crippen LogP contribution < -0.4 is 0 Å². The first-order chi connectivity index (χ1) is 14.3. The summed E-state index contributed by atoms with van der Waals surface area (Å²) in [5.41, 5.74) is 6.46. The van der Waals surface area contributed by atoms with Crippen molar-refractivity contribution in [3.8, 4) is 0 Å². The molecule has 0 bridgehead atoms. The molecule has 0 aliphatic carbocycles. The summed E-state index contributed by atoms with van der Waals surface area (Å²) in [5.74, 6) is 2.41. The largest absolute Gasteiger partial charge is 0.135 e. The number of allylic oxidation sites excluding steroid dienone is 2. The van der Waals surface area contributed by atoms with Crippen molar-refractivity contribution in [1.29, 1.82) is 0 Å². The van der Waals surface area contributed by atoms with Gasteiger partial charge in [-0.1, -0.05) is 109 Å². The highest BCUT2D eigenvalue weighted by molar-refractivity contribution is 8.18. The van der Waals surface area contributed by atoms with Crippen molar-refractivity contribution in [1.82, 2.24) is 0 Å². The number of benzene rings is 3. The fourth-order valence-electron chi connectivity index (χ4n) is 3.56. The van der Waals surface area contributed by atoms with E-state index in [9.17, 15) is 0 Å². The first-order valence-corrected chi connectivity index (χ1v) is 12.1. The van der Waals surface area contributed by atoms with Gasteiger partial charge in [-0.3, -0.25) is 0 Å². The Kier molecular flexibility index (Phi) is 6.63. The van der Waals surface area contributed by atoms with E-state index in [0.717, 1.165) is 0 Å². The molecule has 0 radical (unpaired) electrons. The molecular weight excluding hydrogens is 388 g/mol. The molecule has 3 aromatic rings. The Morgan fingerprint density at radius 2 is 1.31 bits per heavy atom. The van der Waals surface area contributed by atoms with Crippen LogP contribution in [-0.4, -0.2) is 11.5 Å². The van der Waals surface area contributed by atoms with Crippen LogP contribution in [0.2, 0.25) is 0 Å². The molecule has 4 rings (SSSR count). The van der Waals surface area contributed by atoms with Crippen molar-refractivity contribution in [2.45, 2.75) is 17.4 Å². The molecular formula is C27H26S2. The van der Waals surface area contributed by atoms with Gasteiger partial charge >= 0.3 is 0 Å². The topological polar surface area (TPSA) is 0 Å². The van der Waals surface area contributed by atoms with Gasteiger partial charge in [-0.2, -0.15) is 0 Å². The van der Waals surface area contributed by atoms with Gasteiger partial charge in [0, 0.05) is 0 Å². The second-order valence-corrected chi connectivity index (χ2v) is 10.2. The van der Waals surface area contributed by atoms with E-state index in [0.29, 0.717) is 0 Å². The summed E-state index contributed by atoms with van der Waals surface area (Å²) in [6.45, 7) is 2.15. The maximum Gasteiger partial charge on any atom is 0.105 e. The van der Waals surface area contributed by atoms with Crippen LogP contribution in [-0.2, 0) is 4.08 Å². The fourth-order valence-corrected chi connectivity index (χ4v) is 6.71. The van der Waals surface area contributed by atoms with Gasteiger partial charge in [0.25, 0.3) is 0 Å². The lowest BCUT2D eigenvalue weighted by atomic mass is 9.97. The molecule has 0 atom stereocenters. The zero-order valence-corrected chi connectivity index (χ0v) is 18.4. The lowest BCUT2D eigenvalue weighted by molar-refractivity contribution is 1.03. The van der Waals surface area contributed by atoms with Gasteiger partial charge in [0.1, 0.15) is 4.08 Å². The van der Waals surface area contributed by atoms with Crippen LogP contribution in [0, 0.1) is 6.92 Å².